The molecule has 84 valence electrons. The lowest BCUT2D eigenvalue weighted by molar-refractivity contribution is 0.415. The van der Waals surface area contributed by atoms with Crippen molar-refractivity contribution in [3.05, 3.63) is 29.8 Å². The molecule has 16 heavy (non-hydrogen) atoms. The Labute approximate surface area is 94.0 Å². The van der Waals surface area contributed by atoms with Gasteiger partial charge in [0.2, 0.25) is 5.88 Å². The Morgan fingerprint density at radius 2 is 2.25 bits per heavy atom. The number of ether oxygens (including phenoxy) is 1. The second-order valence-electron chi connectivity index (χ2n) is 3.46. The average Bonchev–Trinajstić information content (AvgIpc) is 2.70. The normalized spacial score (nSPS) is 10.4. The Balaban J connectivity index is 2.49. The van der Waals surface area contributed by atoms with Crippen molar-refractivity contribution < 1.29 is 9.26 Å². The summed E-state index contributed by atoms with van der Waals surface area (Å²) in [5.41, 5.74) is 8.38. The average molecular weight is 218 g/mol. The minimum atomic E-state index is 0.389. The van der Waals surface area contributed by atoms with Crippen LogP contribution in [0.2, 0.25) is 0 Å². The summed E-state index contributed by atoms with van der Waals surface area (Å²) in [5.74, 6) is 1.18. The maximum atomic E-state index is 5.70. The number of hydrogen-bond acceptors (Lipinski definition) is 4. The first-order valence-corrected chi connectivity index (χ1v) is 5.14. The largest absolute Gasteiger partial charge is 0.497 e. The summed E-state index contributed by atoms with van der Waals surface area (Å²) in [5, 5.41) is 3.98. The molecule has 0 radical (unpaired) electrons. The molecule has 4 heteroatoms. The van der Waals surface area contributed by atoms with Crippen molar-refractivity contribution in [2.45, 2.75) is 13.3 Å². The zero-order valence-corrected chi connectivity index (χ0v) is 9.36. The predicted molar refractivity (Wildman–Crippen MR) is 62.3 cm³/mol. The van der Waals surface area contributed by atoms with Gasteiger partial charge in [-0.1, -0.05) is 24.2 Å². The Morgan fingerprint density at radius 3 is 2.94 bits per heavy atom. The third-order valence-electron chi connectivity index (χ3n) is 2.52. The molecule has 0 saturated heterocycles. The van der Waals surface area contributed by atoms with Crippen molar-refractivity contribution in [3.8, 4) is 17.0 Å². The van der Waals surface area contributed by atoms with E-state index in [0.29, 0.717) is 5.88 Å². The van der Waals surface area contributed by atoms with Crippen LogP contribution in [-0.2, 0) is 6.42 Å². The van der Waals surface area contributed by atoms with Crippen LogP contribution in [0.1, 0.15) is 12.5 Å². The van der Waals surface area contributed by atoms with E-state index in [4.69, 9.17) is 15.0 Å². The number of nitrogens with two attached hydrogens (primary N) is 1. The number of nitrogen functional groups attached to an aromatic ring is 1. The van der Waals surface area contributed by atoms with E-state index in [1.165, 1.54) is 0 Å². The van der Waals surface area contributed by atoms with Gasteiger partial charge in [0, 0.05) is 11.1 Å². The van der Waals surface area contributed by atoms with Gasteiger partial charge >= 0.3 is 0 Å². The zero-order valence-electron chi connectivity index (χ0n) is 9.36. The van der Waals surface area contributed by atoms with Crippen LogP contribution in [0.25, 0.3) is 11.3 Å². The highest BCUT2D eigenvalue weighted by molar-refractivity contribution is 5.68. The van der Waals surface area contributed by atoms with Crippen LogP contribution in [0.5, 0.6) is 5.75 Å². The van der Waals surface area contributed by atoms with Crippen molar-refractivity contribution in [3.63, 3.8) is 0 Å². The highest BCUT2D eigenvalue weighted by atomic mass is 16.5. The van der Waals surface area contributed by atoms with E-state index in [2.05, 4.69) is 5.16 Å². The van der Waals surface area contributed by atoms with E-state index in [1.54, 1.807) is 7.11 Å². The molecule has 0 aliphatic heterocycles. The van der Waals surface area contributed by atoms with Crippen LogP contribution in [0, 0.1) is 0 Å². The topological polar surface area (TPSA) is 61.3 Å². The van der Waals surface area contributed by atoms with Crippen molar-refractivity contribution in [1.29, 1.82) is 0 Å². The summed E-state index contributed by atoms with van der Waals surface area (Å²) in [6.45, 7) is 2.02. The van der Waals surface area contributed by atoms with Crippen LogP contribution < -0.4 is 10.5 Å². The van der Waals surface area contributed by atoms with Gasteiger partial charge in [-0.3, -0.25) is 0 Å². The predicted octanol–water partition coefficient (Wildman–Crippen LogP) is 2.49. The van der Waals surface area contributed by atoms with Gasteiger partial charge in [0.25, 0.3) is 0 Å². The third kappa shape index (κ3) is 1.74. The molecule has 0 spiro atoms. The van der Waals surface area contributed by atoms with E-state index in [0.717, 1.165) is 29.0 Å². The maximum absolute atomic E-state index is 5.70. The van der Waals surface area contributed by atoms with Gasteiger partial charge in [-0.2, -0.15) is 0 Å². The molecule has 1 aromatic heterocycles. The number of benzene rings is 1. The molecule has 2 rings (SSSR count). The van der Waals surface area contributed by atoms with Gasteiger partial charge in [0.05, 0.1) is 7.11 Å². The molecule has 1 heterocycles. The summed E-state index contributed by atoms with van der Waals surface area (Å²) in [6.07, 6.45) is 0.794. The minimum Gasteiger partial charge on any atom is -0.497 e. The number of rotatable bonds is 3. The number of aromatic nitrogens is 1. The van der Waals surface area contributed by atoms with Gasteiger partial charge < -0.3 is 15.0 Å². The lowest BCUT2D eigenvalue weighted by Crippen LogP contribution is -1.90. The Kier molecular flexibility index (Phi) is 2.81. The molecule has 2 aromatic rings. The van der Waals surface area contributed by atoms with Crippen LogP contribution in [0.15, 0.2) is 28.8 Å². The van der Waals surface area contributed by atoms with Gasteiger partial charge in [-0.25, -0.2) is 0 Å². The first-order chi connectivity index (χ1) is 7.76. The molecule has 0 aliphatic rings. The molecule has 0 unspecified atom stereocenters. The smallest absolute Gasteiger partial charge is 0.225 e. The fourth-order valence-electron chi connectivity index (χ4n) is 1.66. The van der Waals surface area contributed by atoms with Gasteiger partial charge in [0.1, 0.15) is 11.4 Å². The van der Waals surface area contributed by atoms with Crippen LogP contribution in [0.4, 0.5) is 5.88 Å². The summed E-state index contributed by atoms with van der Waals surface area (Å²) < 4.78 is 10.2. The molecular weight excluding hydrogens is 204 g/mol. The van der Waals surface area contributed by atoms with Crippen LogP contribution in [-0.4, -0.2) is 12.3 Å². The molecule has 4 nitrogen and oxygen atoms in total. The maximum Gasteiger partial charge on any atom is 0.225 e. The van der Waals surface area contributed by atoms with E-state index in [-0.39, 0.29) is 0 Å². The lowest BCUT2D eigenvalue weighted by Gasteiger charge is -2.02. The van der Waals surface area contributed by atoms with E-state index in [9.17, 15) is 0 Å². The van der Waals surface area contributed by atoms with Crippen LogP contribution >= 0.6 is 0 Å². The number of nitrogens with zero attached hydrogens (tertiary/aromatic N) is 1. The molecule has 0 bridgehead atoms. The summed E-state index contributed by atoms with van der Waals surface area (Å²) in [6, 6.07) is 7.67. The van der Waals surface area contributed by atoms with Crippen LogP contribution in [0.3, 0.4) is 0 Å². The molecule has 0 atom stereocenters. The molecule has 0 saturated carbocycles. The Hall–Kier alpha value is -1.97. The zero-order chi connectivity index (χ0) is 11.5. The van der Waals surface area contributed by atoms with Crippen molar-refractivity contribution >= 4 is 5.88 Å². The van der Waals surface area contributed by atoms with Crippen molar-refractivity contribution in [2.24, 2.45) is 0 Å². The SMILES string of the molecule is CCc1c(-c2cccc(OC)c2)noc1N. The third-order valence-corrected chi connectivity index (χ3v) is 2.52. The fraction of sp³-hybridized carbons (Fsp3) is 0.250. The molecule has 0 aliphatic carbocycles. The highest BCUT2D eigenvalue weighted by Crippen LogP contribution is 2.29. The second kappa shape index (κ2) is 4.26. The monoisotopic (exact) mass is 218 g/mol. The first-order valence-electron chi connectivity index (χ1n) is 5.14. The molecule has 1 aromatic carbocycles. The quantitative estimate of drug-likeness (QED) is 0.859. The number of anilines is 1. The van der Waals surface area contributed by atoms with E-state index in [1.807, 2.05) is 31.2 Å². The van der Waals surface area contributed by atoms with Crippen molar-refractivity contribution in [2.75, 3.05) is 12.8 Å². The van der Waals surface area contributed by atoms with Gasteiger partial charge in [-0.15, -0.1) is 0 Å². The van der Waals surface area contributed by atoms with Crippen molar-refractivity contribution in [1.82, 2.24) is 5.16 Å². The molecule has 2 N–H and O–H groups in total. The fourth-order valence-corrected chi connectivity index (χ4v) is 1.66. The standard InChI is InChI=1S/C12H14N2O2/c1-3-10-11(14-16-12(10)13)8-5-4-6-9(7-8)15-2/h4-7H,3,13H2,1-2H3. The summed E-state index contributed by atoms with van der Waals surface area (Å²) in [7, 11) is 1.64. The summed E-state index contributed by atoms with van der Waals surface area (Å²) in [4.78, 5) is 0. The second-order valence-corrected chi connectivity index (χ2v) is 3.46. The van der Waals surface area contributed by atoms with Gasteiger partial charge in [-0.05, 0) is 18.6 Å². The number of hydrogen-bond donors (Lipinski definition) is 1. The highest BCUT2D eigenvalue weighted by Gasteiger charge is 2.13. The summed E-state index contributed by atoms with van der Waals surface area (Å²) >= 11 is 0. The Bertz CT molecular complexity index is 492. The van der Waals surface area contributed by atoms with Gasteiger partial charge in [0.15, 0.2) is 0 Å². The lowest BCUT2D eigenvalue weighted by atomic mass is 10.1. The molecule has 0 fully saturated rings. The Morgan fingerprint density at radius 1 is 1.44 bits per heavy atom. The molecule has 0 amide bonds. The van der Waals surface area contributed by atoms with E-state index < -0.39 is 0 Å². The van der Waals surface area contributed by atoms with E-state index >= 15 is 0 Å². The minimum absolute atomic E-state index is 0.389. The first kappa shape index (κ1) is 10.5. The number of methoxy groups -OCH3 is 1. The molecular formula is C12H14N2O2.